The number of rotatable bonds is 26. The lowest BCUT2D eigenvalue weighted by Crippen LogP contribution is -2.50. The number of nitrogens with one attached hydrogen (secondary N) is 1. The van der Waals surface area contributed by atoms with Crippen molar-refractivity contribution >= 4 is 16.0 Å². The molecule has 0 aromatic heterocycles. The maximum absolute atomic E-state index is 12.4. The number of allylic oxidation sites excluding steroid dienone is 5. The minimum absolute atomic E-state index is 0.270. The molecule has 1 amide bonds. The fraction of sp³-hybridized carbons (Fsp3) is 0.774. The molecule has 0 aliphatic heterocycles. The van der Waals surface area contributed by atoms with Gasteiger partial charge in [0.05, 0.1) is 17.9 Å². The predicted molar refractivity (Wildman–Crippen MR) is 162 cm³/mol. The van der Waals surface area contributed by atoms with Crippen molar-refractivity contribution in [3.8, 4) is 0 Å². The molecule has 0 aromatic rings. The molecule has 0 rings (SSSR count). The minimum Gasteiger partial charge on any atom is -0.387 e. The van der Waals surface area contributed by atoms with Gasteiger partial charge in [-0.3, -0.25) is 9.35 Å². The molecular weight excluding hydrogens is 514 g/mol. The van der Waals surface area contributed by atoms with Crippen LogP contribution in [0.25, 0.3) is 0 Å². The first kappa shape index (κ1) is 37.5. The zero-order valence-electron chi connectivity index (χ0n) is 24.6. The van der Waals surface area contributed by atoms with E-state index in [0.717, 1.165) is 44.9 Å². The van der Waals surface area contributed by atoms with Gasteiger partial charge in [0, 0.05) is 0 Å². The number of carbonyl (C=O) groups is 1. The van der Waals surface area contributed by atoms with E-state index in [1.165, 1.54) is 57.4 Å². The molecular formula is C31H57NO6S. The molecule has 0 saturated heterocycles. The van der Waals surface area contributed by atoms with Crippen LogP contribution in [0.2, 0.25) is 0 Å². The Bertz CT molecular complexity index is 778. The summed E-state index contributed by atoms with van der Waals surface area (Å²) in [5.74, 6) is -1.57. The van der Waals surface area contributed by atoms with Gasteiger partial charge in [0.2, 0.25) is 5.91 Å². The Labute approximate surface area is 239 Å². The SMILES string of the molecule is CCCCCC/C=C/CC/C=C/CC/C=C/C(O)C(CS(=O)(=O)O)NC(=O)C(O)CCCCCCCCCC. The number of aliphatic hydroxyl groups excluding tert-OH is 2. The second-order valence-electron chi connectivity index (χ2n) is 10.5. The number of amides is 1. The summed E-state index contributed by atoms with van der Waals surface area (Å²) >= 11 is 0. The molecule has 0 aliphatic carbocycles. The summed E-state index contributed by atoms with van der Waals surface area (Å²) in [5, 5.41) is 23.0. The van der Waals surface area contributed by atoms with Gasteiger partial charge in [-0.2, -0.15) is 8.42 Å². The van der Waals surface area contributed by atoms with Crippen molar-refractivity contribution in [2.75, 3.05) is 5.75 Å². The maximum atomic E-state index is 12.4. The van der Waals surface area contributed by atoms with Crippen LogP contribution in [0, 0.1) is 0 Å². The zero-order valence-corrected chi connectivity index (χ0v) is 25.4. The third-order valence-electron chi connectivity index (χ3n) is 6.65. The number of hydrogen-bond donors (Lipinski definition) is 4. The number of carbonyl (C=O) groups excluding carboxylic acids is 1. The minimum atomic E-state index is -4.44. The summed E-state index contributed by atoms with van der Waals surface area (Å²) in [4.78, 5) is 12.4. The Morgan fingerprint density at radius 1 is 0.692 bits per heavy atom. The lowest BCUT2D eigenvalue weighted by molar-refractivity contribution is -0.130. The van der Waals surface area contributed by atoms with Crippen LogP contribution < -0.4 is 5.32 Å². The van der Waals surface area contributed by atoms with Gasteiger partial charge in [-0.25, -0.2) is 0 Å². The van der Waals surface area contributed by atoms with E-state index in [2.05, 4.69) is 43.5 Å². The molecule has 0 saturated carbocycles. The highest BCUT2D eigenvalue weighted by atomic mass is 32.2. The molecule has 0 bridgehead atoms. The molecule has 0 aromatic carbocycles. The van der Waals surface area contributed by atoms with Crippen molar-refractivity contribution in [3.63, 3.8) is 0 Å². The summed E-state index contributed by atoms with van der Waals surface area (Å²) in [6, 6.07) is -1.25. The van der Waals surface area contributed by atoms with E-state index < -0.39 is 40.0 Å². The Morgan fingerprint density at radius 3 is 1.69 bits per heavy atom. The lowest BCUT2D eigenvalue weighted by atomic mass is 10.0. The van der Waals surface area contributed by atoms with Crippen LogP contribution in [0.3, 0.4) is 0 Å². The molecule has 8 heteroatoms. The van der Waals surface area contributed by atoms with Crippen molar-refractivity contribution in [2.24, 2.45) is 0 Å². The van der Waals surface area contributed by atoms with E-state index in [-0.39, 0.29) is 6.42 Å². The molecule has 4 N–H and O–H groups in total. The number of aliphatic hydroxyl groups is 2. The molecule has 3 atom stereocenters. The highest BCUT2D eigenvalue weighted by Crippen LogP contribution is 2.11. The number of unbranched alkanes of at least 4 members (excludes halogenated alkanes) is 13. The molecule has 228 valence electrons. The Hall–Kier alpha value is -1.48. The standard InChI is InChI=1S/C31H57NO6S/c1-3-5-7-9-11-13-14-15-16-17-18-20-21-23-25-29(33)28(27-39(36,37)38)32-31(35)30(34)26-24-22-19-12-10-8-6-4-2/h13-14,17-18,23,25,28-30,33-34H,3-12,15-16,19-22,24,26-27H2,1-2H3,(H,32,35)(H,36,37,38)/b14-13+,18-17+,25-23+. The molecule has 0 fully saturated rings. The quantitative estimate of drug-likeness (QED) is 0.0514. The molecule has 0 radical (unpaired) electrons. The van der Waals surface area contributed by atoms with Crippen molar-refractivity contribution in [3.05, 3.63) is 36.5 Å². The van der Waals surface area contributed by atoms with Crippen LogP contribution in [0.1, 0.15) is 129 Å². The van der Waals surface area contributed by atoms with Crippen LogP contribution >= 0.6 is 0 Å². The van der Waals surface area contributed by atoms with Crippen molar-refractivity contribution < 1.29 is 28.0 Å². The van der Waals surface area contributed by atoms with E-state index in [9.17, 15) is 28.0 Å². The first-order valence-electron chi connectivity index (χ1n) is 15.3. The summed E-state index contributed by atoms with van der Waals surface area (Å²) in [6.45, 7) is 4.39. The summed E-state index contributed by atoms with van der Waals surface area (Å²) in [7, 11) is -4.44. The van der Waals surface area contributed by atoms with Gasteiger partial charge in [0.25, 0.3) is 10.1 Å². The van der Waals surface area contributed by atoms with E-state index >= 15 is 0 Å². The fourth-order valence-corrected chi connectivity index (χ4v) is 4.98. The topological polar surface area (TPSA) is 124 Å². The van der Waals surface area contributed by atoms with E-state index in [1.54, 1.807) is 6.08 Å². The van der Waals surface area contributed by atoms with Crippen LogP contribution in [-0.2, 0) is 14.9 Å². The zero-order chi connectivity index (χ0) is 29.2. The van der Waals surface area contributed by atoms with Gasteiger partial charge in [-0.05, 0) is 44.9 Å². The fourth-order valence-electron chi connectivity index (χ4n) is 4.25. The van der Waals surface area contributed by atoms with Gasteiger partial charge in [-0.15, -0.1) is 0 Å². The third kappa shape index (κ3) is 25.2. The second kappa shape index (κ2) is 25.5. The highest BCUT2D eigenvalue weighted by Gasteiger charge is 2.27. The summed E-state index contributed by atoms with van der Waals surface area (Å²) in [6.07, 6.45) is 27.9. The average Bonchev–Trinajstić information content (AvgIpc) is 2.88. The van der Waals surface area contributed by atoms with Gasteiger partial charge < -0.3 is 15.5 Å². The Morgan fingerprint density at radius 2 is 1.15 bits per heavy atom. The first-order chi connectivity index (χ1) is 18.7. The van der Waals surface area contributed by atoms with E-state index in [0.29, 0.717) is 12.8 Å². The second-order valence-corrected chi connectivity index (χ2v) is 12.0. The van der Waals surface area contributed by atoms with Crippen molar-refractivity contribution in [1.82, 2.24) is 5.32 Å². The summed E-state index contributed by atoms with van der Waals surface area (Å²) < 4.78 is 32.1. The highest BCUT2D eigenvalue weighted by molar-refractivity contribution is 7.85. The molecule has 3 unspecified atom stereocenters. The van der Waals surface area contributed by atoms with E-state index in [1.807, 2.05) is 0 Å². The normalized spacial score (nSPS) is 14.9. The van der Waals surface area contributed by atoms with E-state index in [4.69, 9.17) is 0 Å². The van der Waals surface area contributed by atoms with Gasteiger partial charge in [0.15, 0.2) is 0 Å². The first-order valence-corrected chi connectivity index (χ1v) is 16.9. The van der Waals surface area contributed by atoms with Gasteiger partial charge in [0.1, 0.15) is 6.10 Å². The predicted octanol–water partition coefficient (Wildman–Crippen LogP) is 6.81. The van der Waals surface area contributed by atoms with Crippen LogP contribution in [0.15, 0.2) is 36.5 Å². The van der Waals surface area contributed by atoms with Crippen molar-refractivity contribution in [1.29, 1.82) is 0 Å². The smallest absolute Gasteiger partial charge is 0.267 e. The maximum Gasteiger partial charge on any atom is 0.267 e. The van der Waals surface area contributed by atoms with Gasteiger partial charge in [-0.1, -0.05) is 121 Å². The molecule has 0 heterocycles. The van der Waals surface area contributed by atoms with Crippen LogP contribution in [0.5, 0.6) is 0 Å². The lowest BCUT2D eigenvalue weighted by Gasteiger charge is -2.22. The van der Waals surface area contributed by atoms with Crippen LogP contribution in [-0.4, -0.2) is 53.1 Å². The monoisotopic (exact) mass is 571 g/mol. The molecule has 7 nitrogen and oxygen atoms in total. The number of hydrogen-bond acceptors (Lipinski definition) is 5. The van der Waals surface area contributed by atoms with Crippen molar-refractivity contribution in [2.45, 2.75) is 148 Å². The van der Waals surface area contributed by atoms with Gasteiger partial charge >= 0.3 is 0 Å². The summed E-state index contributed by atoms with van der Waals surface area (Å²) in [5.41, 5.74) is 0. The Balaban J connectivity index is 4.36. The molecule has 39 heavy (non-hydrogen) atoms. The largest absolute Gasteiger partial charge is 0.387 e. The van der Waals surface area contributed by atoms with Crippen LogP contribution in [0.4, 0.5) is 0 Å². The average molecular weight is 572 g/mol. The Kier molecular flexibility index (Phi) is 24.5. The molecule has 0 spiro atoms. The third-order valence-corrected chi connectivity index (χ3v) is 7.44. The molecule has 0 aliphatic rings.